The number of ether oxygens (including phenoxy) is 1. The molecule has 0 radical (unpaired) electrons. The highest BCUT2D eigenvalue weighted by atomic mass is 32.2. The fraction of sp³-hybridized carbons (Fsp3) is 0.471. The van der Waals surface area contributed by atoms with Crippen LogP contribution in [0.2, 0.25) is 0 Å². The lowest BCUT2D eigenvalue weighted by Gasteiger charge is -2.22. The van der Waals surface area contributed by atoms with E-state index in [1.54, 1.807) is 25.2 Å². The molecule has 2 aromatic rings. The Hall–Kier alpha value is -1.95. The molecule has 1 aliphatic heterocycles. The zero-order chi connectivity index (χ0) is 20.5. The molecule has 1 aromatic heterocycles. The van der Waals surface area contributed by atoms with Crippen LogP contribution in [0.15, 0.2) is 40.4 Å². The van der Waals surface area contributed by atoms with Crippen LogP contribution in [-0.4, -0.2) is 68.5 Å². The summed E-state index contributed by atoms with van der Waals surface area (Å²) >= 11 is 0. The molecular weight excluding hydrogens is 404 g/mol. The van der Waals surface area contributed by atoms with Gasteiger partial charge < -0.3 is 4.74 Å². The Morgan fingerprint density at radius 2 is 1.64 bits per heavy atom. The number of hydrogen-bond acceptors (Lipinski definition) is 6. The number of rotatable bonds is 5. The fourth-order valence-corrected chi connectivity index (χ4v) is 6.32. The van der Waals surface area contributed by atoms with E-state index in [0.717, 1.165) is 5.56 Å². The fourth-order valence-electron chi connectivity index (χ4n) is 3.16. The maximum atomic E-state index is 13.2. The average Bonchev–Trinajstić information content (AvgIpc) is 2.93. The lowest BCUT2D eigenvalue weighted by molar-refractivity contribution is 0.388. The van der Waals surface area contributed by atoms with Crippen LogP contribution in [-0.2, 0) is 27.1 Å². The van der Waals surface area contributed by atoms with Crippen molar-refractivity contribution in [2.45, 2.75) is 23.1 Å². The van der Waals surface area contributed by atoms with E-state index in [0.29, 0.717) is 6.42 Å². The Morgan fingerprint density at radius 1 is 1.00 bits per heavy atom. The predicted molar refractivity (Wildman–Crippen MR) is 103 cm³/mol. The number of aryl methyl sites for hydroxylation is 2. The maximum absolute atomic E-state index is 13.2. The molecule has 1 aliphatic rings. The smallest absolute Gasteiger partial charge is 0.246 e. The van der Waals surface area contributed by atoms with Crippen molar-refractivity contribution < 1.29 is 21.6 Å². The van der Waals surface area contributed by atoms with Gasteiger partial charge in [0.05, 0.1) is 13.3 Å². The summed E-state index contributed by atoms with van der Waals surface area (Å²) in [6.07, 6.45) is 3.13. The molecule has 0 aliphatic carbocycles. The van der Waals surface area contributed by atoms with Crippen molar-refractivity contribution in [2.24, 2.45) is 7.05 Å². The molecule has 1 aromatic carbocycles. The average molecular weight is 429 g/mol. The van der Waals surface area contributed by atoms with Crippen molar-refractivity contribution in [3.63, 3.8) is 0 Å². The number of methoxy groups -OCH3 is 1. The molecule has 0 N–H and O–H groups in total. The van der Waals surface area contributed by atoms with E-state index in [1.165, 1.54) is 32.8 Å². The van der Waals surface area contributed by atoms with Gasteiger partial charge in [0.1, 0.15) is 15.5 Å². The third-order valence-corrected chi connectivity index (χ3v) is 8.44. The molecule has 0 unspecified atom stereocenters. The van der Waals surface area contributed by atoms with Gasteiger partial charge in [-0.1, -0.05) is 6.07 Å². The summed E-state index contributed by atoms with van der Waals surface area (Å²) in [5.74, 6) is 0.273. The molecule has 154 valence electrons. The number of benzene rings is 1. The summed E-state index contributed by atoms with van der Waals surface area (Å²) in [5, 5.41) is 3.91. The lowest BCUT2D eigenvalue weighted by atomic mass is 10.2. The Morgan fingerprint density at radius 3 is 2.21 bits per heavy atom. The SMILES string of the molecule is COc1ccc(C)cc1S(=O)(=O)N1CCCN(S(=O)(=O)c2cnn(C)c2)CC1. The highest BCUT2D eigenvalue weighted by Crippen LogP contribution is 2.29. The molecule has 2 heterocycles. The van der Waals surface area contributed by atoms with E-state index in [-0.39, 0.29) is 41.7 Å². The van der Waals surface area contributed by atoms with Gasteiger partial charge in [-0.2, -0.15) is 13.7 Å². The van der Waals surface area contributed by atoms with E-state index in [9.17, 15) is 16.8 Å². The van der Waals surface area contributed by atoms with Gasteiger partial charge in [-0.3, -0.25) is 4.68 Å². The molecule has 0 bridgehead atoms. The second-order valence-electron chi connectivity index (χ2n) is 6.67. The summed E-state index contributed by atoms with van der Waals surface area (Å²) in [5.41, 5.74) is 0.801. The quantitative estimate of drug-likeness (QED) is 0.699. The van der Waals surface area contributed by atoms with Gasteiger partial charge in [-0.15, -0.1) is 0 Å². The van der Waals surface area contributed by atoms with E-state index in [4.69, 9.17) is 4.74 Å². The first kappa shape index (κ1) is 20.8. The monoisotopic (exact) mass is 428 g/mol. The van der Waals surface area contributed by atoms with Gasteiger partial charge in [0, 0.05) is 39.4 Å². The van der Waals surface area contributed by atoms with Crippen LogP contribution in [0.1, 0.15) is 12.0 Å². The van der Waals surface area contributed by atoms with Gasteiger partial charge in [0.15, 0.2) is 0 Å². The van der Waals surface area contributed by atoms with Gasteiger partial charge in [0.25, 0.3) is 0 Å². The minimum absolute atomic E-state index is 0.0684. The molecule has 9 nitrogen and oxygen atoms in total. The summed E-state index contributed by atoms with van der Waals surface area (Å²) < 4.78 is 61.2. The molecule has 0 atom stereocenters. The van der Waals surface area contributed by atoms with Crippen LogP contribution >= 0.6 is 0 Å². The van der Waals surface area contributed by atoms with Crippen molar-refractivity contribution >= 4 is 20.0 Å². The number of hydrogen-bond donors (Lipinski definition) is 0. The minimum atomic E-state index is -3.81. The highest BCUT2D eigenvalue weighted by molar-refractivity contribution is 7.89. The topological polar surface area (TPSA) is 102 Å². The summed E-state index contributed by atoms with van der Waals surface area (Å²) in [6.45, 7) is 2.43. The summed E-state index contributed by atoms with van der Waals surface area (Å²) in [7, 11) is -4.45. The molecular formula is C17H24N4O5S2. The van der Waals surface area contributed by atoms with Crippen molar-refractivity contribution in [1.82, 2.24) is 18.4 Å². The first-order valence-corrected chi connectivity index (χ1v) is 11.7. The van der Waals surface area contributed by atoms with Crippen molar-refractivity contribution in [1.29, 1.82) is 0 Å². The Kier molecular flexibility index (Phi) is 5.80. The van der Waals surface area contributed by atoms with Gasteiger partial charge in [0.2, 0.25) is 20.0 Å². The number of aromatic nitrogens is 2. The van der Waals surface area contributed by atoms with Crippen LogP contribution < -0.4 is 4.74 Å². The summed E-state index contributed by atoms with van der Waals surface area (Å²) in [6, 6.07) is 4.98. The molecule has 1 saturated heterocycles. The predicted octanol–water partition coefficient (Wildman–Crippen LogP) is 0.822. The first-order valence-electron chi connectivity index (χ1n) is 8.80. The molecule has 0 spiro atoms. The van der Waals surface area contributed by atoms with Crippen molar-refractivity contribution in [2.75, 3.05) is 33.3 Å². The Labute approximate surface area is 165 Å². The molecule has 11 heteroatoms. The molecule has 3 rings (SSSR count). The molecule has 1 fully saturated rings. The highest BCUT2D eigenvalue weighted by Gasteiger charge is 2.33. The third kappa shape index (κ3) is 3.93. The molecule has 28 heavy (non-hydrogen) atoms. The molecule has 0 saturated carbocycles. The van der Waals surface area contributed by atoms with E-state index in [2.05, 4.69) is 5.10 Å². The van der Waals surface area contributed by atoms with E-state index >= 15 is 0 Å². The van der Waals surface area contributed by atoms with Crippen molar-refractivity contribution in [3.05, 3.63) is 36.2 Å². The Bertz CT molecular complexity index is 1060. The minimum Gasteiger partial charge on any atom is -0.495 e. The third-order valence-electron chi connectivity index (χ3n) is 4.67. The summed E-state index contributed by atoms with van der Waals surface area (Å²) in [4.78, 5) is 0.199. The second-order valence-corrected chi connectivity index (χ2v) is 10.5. The standard InChI is InChI=1S/C17H24N4O5S2/c1-14-5-6-16(26-3)17(11-14)28(24,25)21-8-4-7-20(9-10-21)27(22,23)15-12-18-19(2)13-15/h5-6,11-13H,4,7-10H2,1-3H3. The van der Waals surface area contributed by atoms with E-state index in [1.807, 2.05) is 6.92 Å². The van der Waals surface area contributed by atoms with Crippen LogP contribution in [0.4, 0.5) is 0 Å². The zero-order valence-electron chi connectivity index (χ0n) is 16.1. The maximum Gasteiger partial charge on any atom is 0.246 e. The van der Waals surface area contributed by atoms with Gasteiger partial charge in [-0.25, -0.2) is 16.8 Å². The second kappa shape index (κ2) is 7.82. The Balaban J connectivity index is 1.85. The number of nitrogens with zero attached hydrogens (tertiary/aromatic N) is 4. The van der Waals surface area contributed by atoms with Crippen molar-refractivity contribution in [3.8, 4) is 5.75 Å². The van der Waals surface area contributed by atoms with Crippen LogP contribution in [0.25, 0.3) is 0 Å². The van der Waals surface area contributed by atoms with Crippen LogP contribution in [0, 0.1) is 6.92 Å². The zero-order valence-corrected chi connectivity index (χ0v) is 17.7. The van der Waals surface area contributed by atoms with Gasteiger partial charge >= 0.3 is 0 Å². The van der Waals surface area contributed by atoms with Gasteiger partial charge in [-0.05, 0) is 31.0 Å². The van der Waals surface area contributed by atoms with E-state index < -0.39 is 20.0 Å². The number of sulfonamides is 2. The normalized spacial score (nSPS) is 17.4. The largest absolute Gasteiger partial charge is 0.495 e. The van der Waals surface area contributed by atoms with Crippen LogP contribution in [0.3, 0.4) is 0 Å². The molecule has 0 amide bonds. The lowest BCUT2D eigenvalue weighted by Crippen LogP contribution is -2.37. The van der Waals surface area contributed by atoms with Crippen LogP contribution in [0.5, 0.6) is 5.75 Å². The first-order chi connectivity index (χ1) is 13.2.